The molecule has 0 aliphatic heterocycles. The van der Waals surface area contributed by atoms with Crippen LogP contribution in [0.3, 0.4) is 0 Å². The van der Waals surface area contributed by atoms with Crippen molar-refractivity contribution in [2.24, 2.45) is 0 Å². The molecule has 0 saturated carbocycles. The zero-order chi connectivity index (χ0) is 7.56. The lowest BCUT2D eigenvalue weighted by atomic mass is 10.0. The molecule has 0 unspecified atom stereocenters. The summed E-state index contributed by atoms with van der Waals surface area (Å²) in [5, 5.41) is 0. The van der Waals surface area contributed by atoms with Crippen molar-refractivity contribution in [3.8, 4) is 0 Å². The van der Waals surface area contributed by atoms with Gasteiger partial charge >= 0.3 is 0 Å². The molecule has 0 aliphatic carbocycles. The third kappa shape index (κ3) is 1.53. The largest absolute Gasteiger partial charge is 0.280 e. The van der Waals surface area contributed by atoms with E-state index in [1.807, 2.05) is 0 Å². The molecule has 1 aromatic rings. The van der Waals surface area contributed by atoms with Crippen molar-refractivity contribution in [1.82, 2.24) is 4.98 Å². The van der Waals surface area contributed by atoms with Gasteiger partial charge in [0.25, 0.3) is 6.43 Å². The molecule has 1 nitrogen and oxygen atoms in total. The van der Waals surface area contributed by atoms with Gasteiger partial charge in [-0.2, -0.15) is 0 Å². The molecule has 0 bridgehead atoms. The van der Waals surface area contributed by atoms with E-state index in [1.54, 1.807) is 0 Å². The third-order valence-electron chi connectivity index (χ3n) is 1.02. The second-order valence-corrected chi connectivity index (χ2v) is 1.79. The van der Waals surface area contributed by atoms with E-state index in [4.69, 9.17) is 7.85 Å². The summed E-state index contributed by atoms with van der Waals surface area (Å²) in [6.45, 7) is 0. The van der Waals surface area contributed by atoms with E-state index in [1.165, 1.54) is 18.2 Å². The summed E-state index contributed by atoms with van der Waals surface area (Å²) in [6, 6.07) is 4.15. The number of hydrogen-bond donors (Lipinski definition) is 0. The summed E-state index contributed by atoms with van der Waals surface area (Å²) >= 11 is 0. The second kappa shape index (κ2) is 2.77. The summed E-state index contributed by atoms with van der Waals surface area (Å²) in [4.78, 5) is 3.40. The SMILES string of the molecule is [B]c1cccc(C(F)F)n1. The molecular formula is C6H4BF2N. The van der Waals surface area contributed by atoms with Gasteiger partial charge in [-0.3, -0.25) is 4.98 Å². The van der Waals surface area contributed by atoms with Crippen molar-refractivity contribution in [2.75, 3.05) is 0 Å². The summed E-state index contributed by atoms with van der Waals surface area (Å²) in [5.74, 6) is 0. The van der Waals surface area contributed by atoms with E-state index in [0.29, 0.717) is 0 Å². The zero-order valence-corrected chi connectivity index (χ0v) is 5.09. The molecular weight excluding hydrogens is 135 g/mol. The van der Waals surface area contributed by atoms with Crippen molar-refractivity contribution in [2.45, 2.75) is 6.43 Å². The molecule has 1 aromatic heterocycles. The third-order valence-corrected chi connectivity index (χ3v) is 1.02. The number of alkyl halides is 2. The predicted octanol–water partition coefficient (Wildman–Crippen LogP) is 0.813. The maximum Gasteiger partial charge on any atom is 0.280 e. The van der Waals surface area contributed by atoms with Gasteiger partial charge in [0.05, 0.1) is 0 Å². The highest BCUT2D eigenvalue weighted by Crippen LogP contribution is 2.13. The zero-order valence-electron chi connectivity index (χ0n) is 5.09. The normalized spacial score (nSPS) is 10.3. The minimum atomic E-state index is -2.54. The Morgan fingerprint density at radius 2 is 2.10 bits per heavy atom. The maximum absolute atomic E-state index is 11.8. The van der Waals surface area contributed by atoms with Crippen molar-refractivity contribution < 1.29 is 8.78 Å². The van der Waals surface area contributed by atoms with Gasteiger partial charge in [-0.25, -0.2) is 8.78 Å². The lowest BCUT2D eigenvalue weighted by molar-refractivity contribution is 0.146. The molecule has 0 N–H and O–H groups in total. The fraction of sp³-hybridized carbons (Fsp3) is 0.167. The minimum absolute atomic E-state index is 0.123. The Kier molecular flexibility index (Phi) is 1.99. The van der Waals surface area contributed by atoms with Crippen molar-refractivity contribution in [3.05, 3.63) is 23.9 Å². The van der Waals surface area contributed by atoms with Crippen LogP contribution in [0.1, 0.15) is 12.1 Å². The molecule has 4 heteroatoms. The Bertz CT molecular complexity index is 227. The van der Waals surface area contributed by atoms with E-state index in [2.05, 4.69) is 4.98 Å². The van der Waals surface area contributed by atoms with Crippen LogP contribution in [0, 0.1) is 0 Å². The minimum Gasteiger partial charge on any atom is -0.263 e. The van der Waals surface area contributed by atoms with Crippen LogP contribution in [-0.4, -0.2) is 12.8 Å². The van der Waals surface area contributed by atoms with E-state index in [0.717, 1.165) is 0 Å². The topological polar surface area (TPSA) is 12.9 Å². The first-order valence-electron chi connectivity index (χ1n) is 2.71. The number of nitrogens with zero attached hydrogens (tertiary/aromatic N) is 1. The maximum atomic E-state index is 11.8. The number of halogens is 2. The molecule has 1 rings (SSSR count). The molecule has 0 aliphatic rings. The van der Waals surface area contributed by atoms with Gasteiger partial charge in [-0.05, 0) is 11.7 Å². The Morgan fingerprint density at radius 1 is 1.40 bits per heavy atom. The molecule has 0 aromatic carbocycles. The van der Waals surface area contributed by atoms with Gasteiger partial charge in [-0.15, -0.1) is 0 Å². The molecule has 1 heterocycles. The lowest BCUT2D eigenvalue weighted by Crippen LogP contribution is -2.09. The highest BCUT2D eigenvalue weighted by Gasteiger charge is 2.06. The molecule has 2 radical (unpaired) electrons. The number of pyridine rings is 1. The molecule has 0 amide bonds. The van der Waals surface area contributed by atoms with Crippen LogP contribution < -0.4 is 5.59 Å². The van der Waals surface area contributed by atoms with E-state index < -0.39 is 6.43 Å². The van der Waals surface area contributed by atoms with Gasteiger partial charge in [0, 0.05) is 0 Å². The second-order valence-electron chi connectivity index (χ2n) is 1.79. The average molecular weight is 139 g/mol. The van der Waals surface area contributed by atoms with Gasteiger partial charge in [0.1, 0.15) is 13.5 Å². The lowest BCUT2D eigenvalue weighted by Gasteiger charge is -1.97. The van der Waals surface area contributed by atoms with Crippen LogP contribution in [0.2, 0.25) is 0 Å². The van der Waals surface area contributed by atoms with Crippen molar-refractivity contribution in [1.29, 1.82) is 0 Å². The van der Waals surface area contributed by atoms with Gasteiger partial charge in [0.2, 0.25) is 0 Å². The Labute approximate surface area is 58.5 Å². The summed E-state index contributed by atoms with van der Waals surface area (Å²) in [7, 11) is 5.15. The van der Waals surface area contributed by atoms with Crippen molar-refractivity contribution in [3.63, 3.8) is 0 Å². The first-order chi connectivity index (χ1) is 4.70. The highest BCUT2D eigenvalue weighted by atomic mass is 19.3. The summed E-state index contributed by atoms with van der Waals surface area (Å²) < 4.78 is 23.7. The Hall–Kier alpha value is -0.925. The molecule has 0 fully saturated rings. The quantitative estimate of drug-likeness (QED) is 0.524. The van der Waals surface area contributed by atoms with E-state index in [9.17, 15) is 8.78 Å². The van der Waals surface area contributed by atoms with Crippen LogP contribution in [0.25, 0.3) is 0 Å². The smallest absolute Gasteiger partial charge is 0.263 e. The fourth-order valence-electron chi connectivity index (χ4n) is 0.590. The molecule has 0 spiro atoms. The summed E-state index contributed by atoms with van der Waals surface area (Å²) in [6.07, 6.45) is -2.54. The monoisotopic (exact) mass is 139 g/mol. The molecule has 10 heavy (non-hydrogen) atoms. The van der Waals surface area contributed by atoms with Crippen LogP contribution in [0.15, 0.2) is 18.2 Å². The number of rotatable bonds is 1. The first kappa shape index (κ1) is 7.19. The predicted molar refractivity (Wildman–Crippen MR) is 34.6 cm³/mol. The first-order valence-corrected chi connectivity index (χ1v) is 2.71. The highest BCUT2D eigenvalue weighted by molar-refractivity contribution is 6.30. The van der Waals surface area contributed by atoms with Gasteiger partial charge < -0.3 is 0 Å². The van der Waals surface area contributed by atoms with Gasteiger partial charge in [0.15, 0.2) is 0 Å². The number of aromatic nitrogens is 1. The van der Waals surface area contributed by atoms with Crippen LogP contribution in [-0.2, 0) is 0 Å². The Morgan fingerprint density at radius 3 is 2.50 bits per heavy atom. The average Bonchev–Trinajstić information content (AvgIpc) is 1.88. The fourth-order valence-corrected chi connectivity index (χ4v) is 0.590. The number of hydrogen-bond acceptors (Lipinski definition) is 1. The van der Waals surface area contributed by atoms with Crippen molar-refractivity contribution >= 4 is 13.4 Å². The van der Waals surface area contributed by atoms with Crippen LogP contribution >= 0.6 is 0 Å². The van der Waals surface area contributed by atoms with Crippen LogP contribution in [0.5, 0.6) is 0 Å². The molecule has 0 saturated heterocycles. The van der Waals surface area contributed by atoms with E-state index in [-0.39, 0.29) is 11.3 Å². The Balaban J connectivity index is 2.96. The van der Waals surface area contributed by atoms with Gasteiger partial charge in [-0.1, -0.05) is 12.1 Å². The standard InChI is InChI=1S/C6H4BF2N/c7-5-3-1-2-4(10-5)6(8)9/h1-3,6H. The summed E-state index contributed by atoms with van der Waals surface area (Å²) in [5.41, 5.74) is -0.155. The van der Waals surface area contributed by atoms with Crippen LogP contribution in [0.4, 0.5) is 8.78 Å². The molecule has 0 atom stereocenters. The molecule has 50 valence electrons. The van der Waals surface area contributed by atoms with E-state index >= 15 is 0 Å².